The summed E-state index contributed by atoms with van der Waals surface area (Å²) in [4.78, 5) is 0. The Balaban J connectivity index is 1.41. The molecule has 5 rings (SSSR count). The molecule has 1 heteroatoms. The number of hydrogen-bond acceptors (Lipinski definition) is 1. The van der Waals surface area contributed by atoms with Crippen molar-refractivity contribution in [3.63, 3.8) is 0 Å². The zero-order valence-corrected chi connectivity index (χ0v) is 21.7. The molecule has 5 aliphatic rings. The molecule has 5 fully saturated rings. The SMILES string of the molecule is CC(C)=CCC[C@H](C)[C@H]1CC[C@@]2(C)[C@@H]3CC[C@@H]4C(C)(C)[C@H](O)CC[C@@]45C[C@@]35CC[C@]12C. The zero-order valence-electron chi connectivity index (χ0n) is 21.7. The van der Waals surface area contributed by atoms with E-state index >= 15 is 0 Å². The summed E-state index contributed by atoms with van der Waals surface area (Å²) in [6.45, 7) is 17.3. The van der Waals surface area contributed by atoms with Crippen molar-refractivity contribution >= 4 is 0 Å². The summed E-state index contributed by atoms with van der Waals surface area (Å²) in [5.41, 5.74) is 3.87. The van der Waals surface area contributed by atoms with Gasteiger partial charge >= 0.3 is 0 Å². The lowest BCUT2D eigenvalue weighted by Crippen LogP contribution is -2.57. The zero-order chi connectivity index (χ0) is 22.4. The summed E-state index contributed by atoms with van der Waals surface area (Å²) in [5, 5.41) is 10.8. The van der Waals surface area contributed by atoms with E-state index < -0.39 is 0 Å². The van der Waals surface area contributed by atoms with E-state index in [1.165, 1.54) is 69.8 Å². The number of rotatable bonds is 4. The second-order valence-electron chi connectivity index (χ2n) is 14.4. The molecule has 1 nitrogen and oxygen atoms in total. The Bertz CT molecular complexity index is 760. The van der Waals surface area contributed by atoms with Gasteiger partial charge in [0.2, 0.25) is 0 Å². The Hall–Kier alpha value is -0.300. The molecule has 0 radical (unpaired) electrons. The maximum absolute atomic E-state index is 10.8. The average molecular weight is 427 g/mol. The van der Waals surface area contributed by atoms with Crippen molar-refractivity contribution in [1.29, 1.82) is 0 Å². The van der Waals surface area contributed by atoms with Crippen LogP contribution in [0, 0.1) is 50.7 Å². The average Bonchev–Trinajstić information content (AvgIpc) is 3.27. The minimum Gasteiger partial charge on any atom is -0.393 e. The number of aliphatic hydroxyl groups excluding tert-OH is 1. The van der Waals surface area contributed by atoms with E-state index in [0.29, 0.717) is 21.7 Å². The van der Waals surface area contributed by atoms with Gasteiger partial charge in [-0.3, -0.25) is 0 Å². The minimum atomic E-state index is -0.0840. The van der Waals surface area contributed by atoms with Gasteiger partial charge in [0.1, 0.15) is 0 Å². The Kier molecular flexibility index (Phi) is 4.98. The molecule has 0 aromatic carbocycles. The van der Waals surface area contributed by atoms with E-state index in [-0.39, 0.29) is 11.5 Å². The summed E-state index contributed by atoms with van der Waals surface area (Å²) in [7, 11) is 0. The third-order valence-electron chi connectivity index (χ3n) is 13.0. The summed E-state index contributed by atoms with van der Waals surface area (Å²) < 4.78 is 0. The number of hydrogen-bond donors (Lipinski definition) is 1. The summed E-state index contributed by atoms with van der Waals surface area (Å²) >= 11 is 0. The molecule has 31 heavy (non-hydrogen) atoms. The molecule has 5 saturated carbocycles. The Morgan fingerprint density at radius 1 is 0.871 bits per heavy atom. The molecule has 9 atom stereocenters. The molecule has 0 aromatic heterocycles. The van der Waals surface area contributed by atoms with Crippen LogP contribution >= 0.6 is 0 Å². The largest absolute Gasteiger partial charge is 0.393 e. The maximum Gasteiger partial charge on any atom is 0.0594 e. The molecular weight excluding hydrogens is 376 g/mol. The van der Waals surface area contributed by atoms with E-state index in [0.717, 1.165) is 30.1 Å². The molecule has 1 N–H and O–H groups in total. The van der Waals surface area contributed by atoms with Gasteiger partial charge in [0.15, 0.2) is 0 Å². The highest BCUT2D eigenvalue weighted by molar-refractivity contribution is 5.30. The van der Waals surface area contributed by atoms with Crippen molar-refractivity contribution in [2.24, 2.45) is 50.7 Å². The molecule has 176 valence electrons. The van der Waals surface area contributed by atoms with E-state index in [9.17, 15) is 5.11 Å². The van der Waals surface area contributed by atoms with Gasteiger partial charge < -0.3 is 5.11 Å². The van der Waals surface area contributed by atoms with Crippen molar-refractivity contribution in [2.75, 3.05) is 0 Å². The Morgan fingerprint density at radius 2 is 1.55 bits per heavy atom. The predicted molar refractivity (Wildman–Crippen MR) is 131 cm³/mol. The number of fused-ring (bicyclic) bond motifs is 2. The first kappa shape index (κ1) is 22.5. The van der Waals surface area contributed by atoms with Crippen molar-refractivity contribution in [3.05, 3.63) is 11.6 Å². The number of aliphatic hydroxyl groups is 1. The van der Waals surface area contributed by atoms with Crippen molar-refractivity contribution in [2.45, 2.75) is 125 Å². The standard InChI is InChI=1S/C30H50O/c1-20(2)9-8-10-21(3)22-13-15-28(7)24-12-11-23-26(4,5)25(31)14-16-29(23)19-30(24,29)18-17-27(22,28)6/h9,21-25,31H,8,10-19H2,1-7H3/t21-,22+,23+,24-,25+,27+,28-,29+,30-/m0/s1. The molecule has 5 aliphatic carbocycles. The highest BCUT2D eigenvalue weighted by Crippen LogP contribution is 2.89. The lowest BCUT2D eigenvalue weighted by atomic mass is 9.41. The third-order valence-corrected chi connectivity index (χ3v) is 13.0. The molecule has 0 amide bonds. The van der Waals surface area contributed by atoms with Crippen LogP contribution < -0.4 is 0 Å². The predicted octanol–water partition coefficient (Wildman–Crippen LogP) is 8.17. The minimum absolute atomic E-state index is 0.0840. The van der Waals surface area contributed by atoms with Gasteiger partial charge in [-0.15, -0.1) is 0 Å². The van der Waals surface area contributed by atoms with Gasteiger partial charge in [-0.1, -0.05) is 46.3 Å². The Morgan fingerprint density at radius 3 is 2.26 bits per heavy atom. The van der Waals surface area contributed by atoms with Crippen LogP contribution in [0.15, 0.2) is 11.6 Å². The first-order chi connectivity index (χ1) is 14.4. The molecule has 0 heterocycles. The van der Waals surface area contributed by atoms with Crippen LogP contribution in [0.4, 0.5) is 0 Å². The highest BCUT2D eigenvalue weighted by atomic mass is 16.3. The summed E-state index contributed by atoms with van der Waals surface area (Å²) in [6, 6.07) is 0. The van der Waals surface area contributed by atoms with E-state index in [1.807, 2.05) is 0 Å². The van der Waals surface area contributed by atoms with Crippen LogP contribution in [-0.2, 0) is 0 Å². The van der Waals surface area contributed by atoms with Crippen molar-refractivity contribution in [3.8, 4) is 0 Å². The third kappa shape index (κ3) is 2.71. The smallest absolute Gasteiger partial charge is 0.0594 e. The molecular formula is C30H50O. The maximum atomic E-state index is 10.8. The molecule has 0 aliphatic heterocycles. The van der Waals surface area contributed by atoms with Crippen molar-refractivity contribution < 1.29 is 5.11 Å². The topological polar surface area (TPSA) is 20.2 Å². The molecule has 2 spiro atoms. The van der Waals surface area contributed by atoms with Crippen LogP contribution in [-0.4, -0.2) is 11.2 Å². The van der Waals surface area contributed by atoms with E-state index in [4.69, 9.17) is 0 Å². The highest BCUT2D eigenvalue weighted by Gasteiger charge is 2.82. The molecule has 0 bridgehead atoms. The van der Waals surface area contributed by atoms with Gasteiger partial charge in [-0.05, 0) is 135 Å². The quantitative estimate of drug-likeness (QED) is 0.449. The van der Waals surface area contributed by atoms with Gasteiger partial charge in [0.25, 0.3) is 0 Å². The fraction of sp³-hybridized carbons (Fsp3) is 0.933. The number of allylic oxidation sites excluding steroid dienone is 2. The van der Waals surface area contributed by atoms with Gasteiger partial charge in [0, 0.05) is 0 Å². The van der Waals surface area contributed by atoms with E-state index in [1.54, 1.807) is 0 Å². The summed E-state index contributed by atoms with van der Waals surface area (Å²) in [5.74, 6) is 3.46. The fourth-order valence-electron chi connectivity index (χ4n) is 11.1. The Labute approximate surface area is 192 Å². The molecule has 0 unspecified atom stereocenters. The van der Waals surface area contributed by atoms with Crippen LogP contribution in [0.3, 0.4) is 0 Å². The lowest BCUT2D eigenvalue weighted by Gasteiger charge is -2.63. The van der Waals surface area contributed by atoms with Crippen LogP contribution in [0.2, 0.25) is 0 Å². The fourth-order valence-corrected chi connectivity index (χ4v) is 11.1. The second-order valence-corrected chi connectivity index (χ2v) is 14.4. The van der Waals surface area contributed by atoms with Crippen molar-refractivity contribution in [1.82, 2.24) is 0 Å². The molecule has 0 aromatic rings. The molecule has 0 saturated heterocycles. The van der Waals surface area contributed by atoms with Gasteiger partial charge in [-0.25, -0.2) is 0 Å². The van der Waals surface area contributed by atoms with Crippen LogP contribution in [0.5, 0.6) is 0 Å². The van der Waals surface area contributed by atoms with Crippen LogP contribution in [0.25, 0.3) is 0 Å². The van der Waals surface area contributed by atoms with Gasteiger partial charge in [0.05, 0.1) is 6.10 Å². The first-order valence-corrected chi connectivity index (χ1v) is 13.8. The van der Waals surface area contributed by atoms with Crippen LogP contribution in [0.1, 0.15) is 119 Å². The monoisotopic (exact) mass is 426 g/mol. The lowest BCUT2D eigenvalue weighted by molar-refractivity contribution is -0.161. The second kappa shape index (κ2) is 6.86. The van der Waals surface area contributed by atoms with Gasteiger partial charge in [-0.2, -0.15) is 0 Å². The normalized spacial score (nSPS) is 52.9. The van der Waals surface area contributed by atoms with E-state index in [2.05, 4.69) is 54.5 Å². The first-order valence-electron chi connectivity index (χ1n) is 13.8. The summed E-state index contributed by atoms with van der Waals surface area (Å²) in [6.07, 6.45) is 17.6.